The van der Waals surface area contributed by atoms with Gasteiger partial charge in [0.2, 0.25) is 5.91 Å². The van der Waals surface area contributed by atoms with E-state index in [4.69, 9.17) is 10.7 Å². The minimum absolute atomic E-state index is 0.00624. The predicted molar refractivity (Wildman–Crippen MR) is 182 cm³/mol. The summed E-state index contributed by atoms with van der Waals surface area (Å²) in [5, 5.41) is 12.9. The molecule has 2 aromatic carbocycles. The van der Waals surface area contributed by atoms with E-state index in [-0.39, 0.29) is 36.5 Å². The number of benzene rings is 2. The average molecular weight is 614 g/mol. The van der Waals surface area contributed by atoms with Gasteiger partial charge in [0, 0.05) is 52.4 Å². The number of carbonyl (C=O) groups is 2. The first-order valence-electron chi connectivity index (χ1n) is 15.8. The van der Waals surface area contributed by atoms with Crippen molar-refractivity contribution < 1.29 is 9.59 Å². The standard InChI is InChI=1S/C32H42N6O2.C4H9N/c1-21(2)36-31(34)32(18-22(3)35-20-29(39)38-16-8-10-26(38)19-33)27-11-7-6-9-23(27)12-13-24-17-25(14-15-28(24)32)30(40)37(4)5;1-4-5(2)3/h6-7,9,11,14-15,17,21-22,26,35H,8,10,12-13,16,18,20H2,1-5H3,(H2,34,36);4H,1H2,2-3H3. The van der Waals surface area contributed by atoms with Crippen molar-refractivity contribution in [2.75, 3.05) is 41.3 Å². The van der Waals surface area contributed by atoms with Gasteiger partial charge < -0.3 is 25.8 Å². The number of aliphatic imine (C=N–C) groups is 1. The van der Waals surface area contributed by atoms with Gasteiger partial charge in [-0.2, -0.15) is 5.26 Å². The maximum atomic E-state index is 13.0. The fourth-order valence-electron chi connectivity index (χ4n) is 6.26. The smallest absolute Gasteiger partial charge is 0.253 e. The number of rotatable bonds is 9. The second-order valence-corrected chi connectivity index (χ2v) is 12.7. The van der Waals surface area contributed by atoms with Crippen LogP contribution in [0.3, 0.4) is 0 Å². The fourth-order valence-corrected chi connectivity index (χ4v) is 6.26. The highest BCUT2D eigenvalue weighted by Crippen LogP contribution is 2.44. The molecule has 3 atom stereocenters. The number of aryl methyl sites for hydroxylation is 2. The van der Waals surface area contributed by atoms with Crippen molar-refractivity contribution in [1.82, 2.24) is 20.0 Å². The summed E-state index contributed by atoms with van der Waals surface area (Å²) in [6.07, 6.45) is 5.52. The molecule has 1 fully saturated rings. The molecule has 2 aliphatic rings. The number of likely N-dealkylation sites (tertiary alicyclic amines) is 1. The quantitative estimate of drug-likeness (QED) is 0.325. The van der Waals surface area contributed by atoms with Gasteiger partial charge >= 0.3 is 0 Å². The monoisotopic (exact) mass is 613 g/mol. The van der Waals surface area contributed by atoms with Crippen LogP contribution in [0.4, 0.5) is 0 Å². The highest BCUT2D eigenvalue weighted by molar-refractivity contribution is 5.98. The van der Waals surface area contributed by atoms with Gasteiger partial charge in [-0.05, 0) is 93.5 Å². The maximum Gasteiger partial charge on any atom is 0.253 e. The Labute approximate surface area is 269 Å². The van der Waals surface area contributed by atoms with Crippen molar-refractivity contribution in [1.29, 1.82) is 5.26 Å². The summed E-state index contributed by atoms with van der Waals surface area (Å²) in [6.45, 7) is 10.4. The Bertz CT molecular complexity index is 1420. The third-order valence-corrected chi connectivity index (χ3v) is 8.49. The van der Waals surface area contributed by atoms with Crippen LogP contribution in [0, 0.1) is 11.3 Å². The van der Waals surface area contributed by atoms with Gasteiger partial charge in [-0.1, -0.05) is 36.9 Å². The van der Waals surface area contributed by atoms with Crippen molar-refractivity contribution in [3.8, 4) is 6.07 Å². The lowest BCUT2D eigenvalue weighted by atomic mass is 9.67. The third-order valence-electron chi connectivity index (χ3n) is 8.49. The summed E-state index contributed by atoms with van der Waals surface area (Å²) in [7, 11) is 7.40. The van der Waals surface area contributed by atoms with Crippen molar-refractivity contribution in [3.05, 3.63) is 83.1 Å². The van der Waals surface area contributed by atoms with E-state index in [1.807, 2.05) is 51.0 Å². The van der Waals surface area contributed by atoms with Gasteiger partial charge in [-0.15, -0.1) is 0 Å². The zero-order valence-corrected chi connectivity index (χ0v) is 28.1. The lowest BCUT2D eigenvalue weighted by Crippen LogP contribution is -2.49. The Balaban J connectivity index is 0.00000102. The number of hydrogen-bond acceptors (Lipinski definition) is 6. The van der Waals surface area contributed by atoms with E-state index in [0.29, 0.717) is 24.4 Å². The van der Waals surface area contributed by atoms with E-state index in [1.54, 1.807) is 30.1 Å². The Morgan fingerprint density at radius 1 is 1.13 bits per heavy atom. The Morgan fingerprint density at radius 2 is 1.78 bits per heavy atom. The predicted octanol–water partition coefficient (Wildman–Crippen LogP) is 4.11. The zero-order valence-electron chi connectivity index (χ0n) is 28.1. The highest BCUT2D eigenvalue weighted by Gasteiger charge is 2.44. The molecule has 9 nitrogen and oxygen atoms in total. The molecule has 45 heavy (non-hydrogen) atoms. The molecule has 1 saturated heterocycles. The largest absolute Gasteiger partial charge is 0.386 e. The number of amides is 2. The van der Waals surface area contributed by atoms with Gasteiger partial charge in [-0.3, -0.25) is 14.6 Å². The first-order valence-corrected chi connectivity index (χ1v) is 15.8. The molecule has 1 aliphatic heterocycles. The summed E-state index contributed by atoms with van der Waals surface area (Å²) >= 11 is 0. The topological polar surface area (TPSA) is 118 Å². The van der Waals surface area contributed by atoms with Crippen LogP contribution in [-0.4, -0.2) is 91.8 Å². The van der Waals surface area contributed by atoms with Crippen molar-refractivity contribution >= 4 is 17.6 Å². The Kier molecular flexibility index (Phi) is 12.3. The van der Waals surface area contributed by atoms with Crippen molar-refractivity contribution in [2.45, 2.75) is 76.4 Å². The molecule has 2 aromatic rings. The van der Waals surface area contributed by atoms with Crippen LogP contribution in [0.15, 0.2) is 60.2 Å². The van der Waals surface area contributed by atoms with Crippen LogP contribution in [-0.2, 0) is 23.1 Å². The first-order chi connectivity index (χ1) is 21.3. The number of nitriles is 1. The lowest BCUT2D eigenvalue weighted by molar-refractivity contribution is -0.130. The number of nitrogens with two attached hydrogens (primary N) is 1. The molecular weight excluding hydrogens is 562 g/mol. The van der Waals surface area contributed by atoms with Gasteiger partial charge in [0.25, 0.3) is 5.91 Å². The van der Waals surface area contributed by atoms with E-state index in [0.717, 1.165) is 42.4 Å². The van der Waals surface area contributed by atoms with E-state index in [1.165, 1.54) is 5.56 Å². The molecule has 3 unspecified atom stereocenters. The van der Waals surface area contributed by atoms with E-state index >= 15 is 0 Å². The van der Waals surface area contributed by atoms with Crippen LogP contribution in [0.1, 0.15) is 72.6 Å². The number of hydrogen-bond donors (Lipinski definition) is 2. The molecule has 0 spiro atoms. The van der Waals surface area contributed by atoms with E-state index in [2.05, 4.69) is 49.2 Å². The molecule has 0 saturated carbocycles. The number of fused-ring (bicyclic) bond motifs is 2. The molecule has 2 amide bonds. The SMILES string of the molecule is C=CN(C)C.CC(C)N=C(N)C1(CC(C)NCC(=O)N2CCCC2C#N)c2ccccc2CCc2cc(C(=O)N(C)C)ccc21. The van der Waals surface area contributed by atoms with Crippen LogP contribution >= 0.6 is 0 Å². The molecule has 0 radical (unpaired) electrons. The average Bonchev–Trinajstić information content (AvgIpc) is 3.45. The van der Waals surface area contributed by atoms with Gasteiger partial charge in [0.05, 0.1) is 18.0 Å². The van der Waals surface area contributed by atoms with E-state index < -0.39 is 5.41 Å². The zero-order chi connectivity index (χ0) is 33.3. The third kappa shape index (κ3) is 8.31. The lowest BCUT2D eigenvalue weighted by Gasteiger charge is -2.39. The van der Waals surface area contributed by atoms with Crippen LogP contribution < -0.4 is 11.1 Å². The first kappa shape index (κ1) is 35.3. The Morgan fingerprint density at radius 3 is 2.40 bits per heavy atom. The molecule has 4 rings (SSSR count). The van der Waals surface area contributed by atoms with Gasteiger partial charge in [0.1, 0.15) is 11.9 Å². The van der Waals surface area contributed by atoms with Gasteiger partial charge in [-0.25, -0.2) is 0 Å². The molecule has 3 N–H and O–H groups in total. The molecule has 9 heteroatoms. The minimum Gasteiger partial charge on any atom is -0.386 e. The normalized spacial score (nSPS) is 19.7. The van der Waals surface area contributed by atoms with Crippen molar-refractivity contribution in [2.24, 2.45) is 10.7 Å². The number of nitrogens with one attached hydrogen (secondary N) is 1. The maximum absolute atomic E-state index is 13.0. The Hall–Kier alpha value is -4.16. The summed E-state index contributed by atoms with van der Waals surface area (Å²) in [6, 6.07) is 16.2. The molecule has 0 aromatic heterocycles. The van der Waals surface area contributed by atoms with E-state index in [9.17, 15) is 14.9 Å². The summed E-state index contributed by atoms with van der Waals surface area (Å²) in [4.78, 5) is 36.0. The summed E-state index contributed by atoms with van der Waals surface area (Å²) in [5.41, 5.74) is 11.4. The van der Waals surface area contributed by atoms with Crippen LogP contribution in [0.25, 0.3) is 0 Å². The molecule has 0 bridgehead atoms. The molecule has 1 heterocycles. The molecule has 1 aliphatic carbocycles. The number of amidine groups is 1. The fraction of sp³-hybridized carbons (Fsp3) is 0.500. The second kappa shape index (κ2) is 15.7. The molecule has 242 valence electrons. The summed E-state index contributed by atoms with van der Waals surface area (Å²) in [5.74, 6) is 0.446. The molecular formula is C36H51N7O2. The minimum atomic E-state index is -0.745. The van der Waals surface area contributed by atoms with Gasteiger partial charge in [0.15, 0.2) is 0 Å². The number of nitrogens with zero attached hydrogens (tertiary/aromatic N) is 5. The summed E-state index contributed by atoms with van der Waals surface area (Å²) < 4.78 is 0. The number of carbonyl (C=O) groups excluding carboxylic acids is 2. The second-order valence-electron chi connectivity index (χ2n) is 12.7. The van der Waals surface area contributed by atoms with Crippen LogP contribution in [0.5, 0.6) is 0 Å². The highest BCUT2D eigenvalue weighted by atomic mass is 16.2. The van der Waals surface area contributed by atoms with Crippen molar-refractivity contribution in [3.63, 3.8) is 0 Å². The van der Waals surface area contributed by atoms with Crippen LogP contribution in [0.2, 0.25) is 0 Å².